The monoisotopic (exact) mass is 348 g/mol. The van der Waals surface area contributed by atoms with E-state index in [9.17, 15) is 13.2 Å². The third-order valence-electron chi connectivity index (χ3n) is 2.72. The summed E-state index contributed by atoms with van der Waals surface area (Å²) in [7, 11) is -3.21. The van der Waals surface area contributed by atoms with E-state index in [1.54, 1.807) is 11.3 Å². The van der Waals surface area contributed by atoms with Crippen molar-refractivity contribution in [3.05, 3.63) is 16.1 Å². The van der Waals surface area contributed by atoms with Crippen LogP contribution in [0.3, 0.4) is 0 Å². The van der Waals surface area contributed by atoms with E-state index in [0.717, 1.165) is 17.0 Å². The molecule has 0 unspecified atom stereocenters. The fourth-order valence-corrected chi connectivity index (χ4v) is 3.03. The number of hydrogen-bond acceptors (Lipinski definition) is 5. The van der Waals surface area contributed by atoms with Crippen molar-refractivity contribution in [2.24, 2.45) is 0 Å². The molecule has 7 nitrogen and oxygen atoms in total. The molecule has 0 fully saturated rings. The largest absolute Gasteiger partial charge is 0.338 e. The molecule has 1 heterocycles. The Labute approximate surface area is 136 Å². The Balaban J connectivity index is 2.21. The third-order valence-corrected chi connectivity index (χ3v) is 4.36. The number of nitrogens with zero attached hydrogens (tertiary/aromatic N) is 1. The van der Waals surface area contributed by atoms with Gasteiger partial charge in [-0.15, -0.1) is 11.3 Å². The summed E-state index contributed by atoms with van der Waals surface area (Å²) in [5, 5.41) is 8.33. The number of amides is 2. The molecule has 22 heavy (non-hydrogen) atoms. The van der Waals surface area contributed by atoms with Crippen LogP contribution in [0.2, 0.25) is 0 Å². The lowest BCUT2D eigenvalue weighted by Crippen LogP contribution is -2.40. The second-order valence-electron chi connectivity index (χ2n) is 5.98. The van der Waals surface area contributed by atoms with Crippen LogP contribution in [0.1, 0.15) is 31.5 Å². The summed E-state index contributed by atoms with van der Waals surface area (Å²) < 4.78 is 24.0. The highest BCUT2D eigenvalue weighted by atomic mass is 32.2. The highest BCUT2D eigenvalue weighted by Gasteiger charge is 2.17. The van der Waals surface area contributed by atoms with Gasteiger partial charge in [0.2, 0.25) is 10.0 Å². The number of hydrogen-bond donors (Lipinski definition) is 3. The summed E-state index contributed by atoms with van der Waals surface area (Å²) in [5.74, 6) is 0. The van der Waals surface area contributed by atoms with Crippen LogP contribution in [0.4, 0.5) is 4.79 Å². The van der Waals surface area contributed by atoms with E-state index < -0.39 is 10.0 Å². The van der Waals surface area contributed by atoms with Gasteiger partial charge < -0.3 is 10.6 Å². The topological polar surface area (TPSA) is 100 Å². The average molecular weight is 348 g/mol. The van der Waals surface area contributed by atoms with E-state index in [0.29, 0.717) is 13.0 Å². The Morgan fingerprint density at radius 1 is 1.23 bits per heavy atom. The van der Waals surface area contributed by atoms with Crippen molar-refractivity contribution < 1.29 is 13.2 Å². The minimum atomic E-state index is -3.21. The van der Waals surface area contributed by atoms with Crippen LogP contribution in [0, 0.1) is 0 Å². The number of nitrogens with one attached hydrogen (secondary N) is 3. The first-order valence-corrected chi connectivity index (χ1v) is 9.76. The first kappa shape index (κ1) is 18.9. The third kappa shape index (κ3) is 7.71. The molecule has 0 spiro atoms. The Hall–Kier alpha value is -1.19. The number of urea groups is 1. The van der Waals surface area contributed by atoms with Crippen molar-refractivity contribution in [3.8, 4) is 0 Å². The molecule has 0 aromatic carbocycles. The van der Waals surface area contributed by atoms with Gasteiger partial charge in [0.15, 0.2) is 0 Å². The SMILES string of the molecule is CC(C)(C)c1csc(CCNC(=O)NCCNS(C)(=O)=O)n1. The molecule has 9 heteroatoms. The van der Waals surface area contributed by atoms with Crippen LogP contribution in [-0.2, 0) is 21.9 Å². The van der Waals surface area contributed by atoms with Gasteiger partial charge in [-0.05, 0) is 0 Å². The van der Waals surface area contributed by atoms with Crippen LogP contribution in [-0.4, -0.2) is 45.3 Å². The highest BCUT2D eigenvalue weighted by Crippen LogP contribution is 2.23. The number of carbonyl (C=O) groups is 1. The zero-order valence-electron chi connectivity index (χ0n) is 13.4. The lowest BCUT2D eigenvalue weighted by Gasteiger charge is -2.14. The van der Waals surface area contributed by atoms with Crippen LogP contribution in [0.5, 0.6) is 0 Å². The maximum absolute atomic E-state index is 11.5. The van der Waals surface area contributed by atoms with Gasteiger partial charge in [-0.25, -0.2) is 22.9 Å². The van der Waals surface area contributed by atoms with Crippen molar-refractivity contribution in [1.82, 2.24) is 20.3 Å². The fourth-order valence-electron chi connectivity index (χ4n) is 1.53. The maximum Gasteiger partial charge on any atom is 0.314 e. The van der Waals surface area contributed by atoms with Gasteiger partial charge in [-0.2, -0.15) is 0 Å². The van der Waals surface area contributed by atoms with E-state index in [2.05, 4.69) is 41.1 Å². The number of rotatable bonds is 7. The zero-order chi connectivity index (χ0) is 16.8. The number of thiazole rings is 1. The van der Waals surface area contributed by atoms with E-state index in [4.69, 9.17) is 0 Å². The summed E-state index contributed by atoms with van der Waals surface area (Å²) in [6, 6.07) is -0.317. The van der Waals surface area contributed by atoms with Crippen molar-refractivity contribution >= 4 is 27.4 Å². The number of aromatic nitrogens is 1. The van der Waals surface area contributed by atoms with Crippen molar-refractivity contribution in [1.29, 1.82) is 0 Å². The Morgan fingerprint density at radius 2 is 1.86 bits per heavy atom. The molecule has 1 aromatic heterocycles. The Kier molecular flexibility index (Phi) is 6.76. The molecule has 0 saturated carbocycles. The minimum Gasteiger partial charge on any atom is -0.338 e. The molecule has 0 atom stereocenters. The van der Waals surface area contributed by atoms with Crippen LogP contribution >= 0.6 is 11.3 Å². The highest BCUT2D eigenvalue weighted by molar-refractivity contribution is 7.88. The first-order chi connectivity index (χ1) is 10.1. The van der Waals surface area contributed by atoms with Crippen LogP contribution in [0.15, 0.2) is 5.38 Å². The predicted octanol–water partition coefficient (Wildman–Crippen LogP) is 0.832. The number of sulfonamides is 1. The summed E-state index contributed by atoms with van der Waals surface area (Å²) in [5.41, 5.74) is 1.09. The van der Waals surface area contributed by atoms with E-state index >= 15 is 0 Å². The molecule has 0 radical (unpaired) electrons. The van der Waals surface area contributed by atoms with Gasteiger partial charge in [-0.1, -0.05) is 20.8 Å². The van der Waals surface area contributed by atoms with Gasteiger partial charge in [0.05, 0.1) is 17.0 Å². The van der Waals surface area contributed by atoms with Gasteiger partial charge in [0, 0.05) is 36.9 Å². The standard InChI is InChI=1S/C13H24N4O3S2/c1-13(2,3)10-9-21-11(17-10)5-6-14-12(18)15-7-8-16-22(4,19)20/h9,16H,5-8H2,1-4H3,(H2,14,15,18). The maximum atomic E-state index is 11.5. The van der Waals surface area contributed by atoms with Gasteiger partial charge >= 0.3 is 6.03 Å². The normalized spacial score (nSPS) is 12.2. The van der Waals surface area contributed by atoms with E-state index in [-0.39, 0.29) is 24.5 Å². The molecule has 0 aliphatic rings. The summed E-state index contributed by atoms with van der Waals surface area (Å²) >= 11 is 1.59. The second-order valence-corrected chi connectivity index (χ2v) is 8.75. The van der Waals surface area contributed by atoms with Crippen molar-refractivity contribution in [3.63, 3.8) is 0 Å². The fraction of sp³-hybridized carbons (Fsp3) is 0.692. The Bertz CT molecular complexity index is 591. The van der Waals surface area contributed by atoms with Crippen molar-refractivity contribution in [2.45, 2.75) is 32.6 Å². The van der Waals surface area contributed by atoms with Gasteiger partial charge in [0.25, 0.3) is 0 Å². The molecule has 1 aromatic rings. The molecule has 1 rings (SSSR count). The lowest BCUT2D eigenvalue weighted by molar-refractivity contribution is 0.241. The smallest absolute Gasteiger partial charge is 0.314 e. The molecule has 2 amide bonds. The van der Waals surface area contributed by atoms with Crippen LogP contribution in [0.25, 0.3) is 0 Å². The molecule has 0 aliphatic carbocycles. The van der Waals surface area contributed by atoms with Gasteiger partial charge in [0.1, 0.15) is 0 Å². The predicted molar refractivity (Wildman–Crippen MR) is 88.8 cm³/mol. The average Bonchev–Trinajstić information content (AvgIpc) is 2.82. The Morgan fingerprint density at radius 3 is 2.41 bits per heavy atom. The zero-order valence-corrected chi connectivity index (χ0v) is 15.0. The quantitative estimate of drug-likeness (QED) is 0.636. The molecule has 126 valence electrons. The number of carbonyl (C=O) groups excluding carboxylic acids is 1. The van der Waals surface area contributed by atoms with E-state index in [1.165, 1.54) is 0 Å². The molecule has 3 N–H and O–H groups in total. The van der Waals surface area contributed by atoms with E-state index in [1.807, 2.05) is 5.38 Å². The summed E-state index contributed by atoms with van der Waals surface area (Å²) in [4.78, 5) is 16.1. The minimum absolute atomic E-state index is 0.0339. The van der Waals surface area contributed by atoms with Crippen LogP contribution < -0.4 is 15.4 Å². The molecule has 0 bridgehead atoms. The lowest BCUT2D eigenvalue weighted by atomic mass is 9.93. The molecular formula is C13H24N4O3S2. The second kappa shape index (κ2) is 7.89. The summed E-state index contributed by atoms with van der Waals surface area (Å²) in [6.45, 7) is 7.24. The first-order valence-electron chi connectivity index (χ1n) is 6.99. The molecular weight excluding hydrogens is 324 g/mol. The van der Waals surface area contributed by atoms with Gasteiger partial charge in [-0.3, -0.25) is 0 Å². The molecule has 0 saturated heterocycles. The molecule has 0 aliphatic heterocycles. The summed E-state index contributed by atoms with van der Waals surface area (Å²) in [6.07, 6.45) is 1.75. The van der Waals surface area contributed by atoms with Crippen molar-refractivity contribution in [2.75, 3.05) is 25.9 Å².